The Balaban J connectivity index is 2.41. The molecule has 0 bridgehead atoms. The zero-order chi connectivity index (χ0) is 16.1. The Morgan fingerprint density at radius 2 is 2.10 bits per heavy atom. The highest BCUT2D eigenvalue weighted by Crippen LogP contribution is 2.35. The van der Waals surface area contributed by atoms with Crippen molar-refractivity contribution < 1.29 is 27.9 Å². The van der Waals surface area contributed by atoms with Crippen molar-refractivity contribution in [3.63, 3.8) is 0 Å². The molecule has 0 aliphatic carbocycles. The van der Waals surface area contributed by atoms with Crippen molar-refractivity contribution in [1.82, 2.24) is 10.2 Å². The summed E-state index contributed by atoms with van der Waals surface area (Å²) in [4.78, 5) is 24.5. The number of urea groups is 1. The summed E-state index contributed by atoms with van der Waals surface area (Å²) in [6, 6.07) is -0.503. The number of rotatable bonds is 6. The Bertz CT molecular complexity index is 392. The van der Waals surface area contributed by atoms with Crippen LogP contribution in [-0.4, -0.2) is 52.9 Å². The van der Waals surface area contributed by atoms with Gasteiger partial charge in [-0.25, -0.2) is 4.79 Å². The van der Waals surface area contributed by atoms with Gasteiger partial charge in [0.2, 0.25) is 0 Å². The van der Waals surface area contributed by atoms with Crippen LogP contribution < -0.4 is 5.32 Å². The van der Waals surface area contributed by atoms with Crippen molar-refractivity contribution in [2.45, 2.75) is 31.7 Å². The number of carboxylic acids is 1. The van der Waals surface area contributed by atoms with E-state index in [9.17, 15) is 27.9 Å². The van der Waals surface area contributed by atoms with E-state index in [0.717, 1.165) is 0 Å². The van der Waals surface area contributed by atoms with Gasteiger partial charge in [-0.1, -0.05) is 13.3 Å². The molecule has 1 aliphatic rings. The first-order chi connectivity index (χ1) is 9.70. The highest BCUT2D eigenvalue weighted by Gasteiger charge is 2.45. The Hall–Kier alpha value is -1.12. The van der Waals surface area contributed by atoms with Gasteiger partial charge in [0.25, 0.3) is 0 Å². The summed E-state index contributed by atoms with van der Waals surface area (Å²) in [6.45, 7) is 2.19. The number of likely N-dealkylation sites (tertiary alicyclic amines) is 1. The molecule has 1 unspecified atom stereocenters. The molecule has 1 aliphatic heterocycles. The van der Waals surface area contributed by atoms with Gasteiger partial charge in [0.05, 0.1) is 5.41 Å². The van der Waals surface area contributed by atoms with Crippen molar-refractivity contribution in [3.8, 4) is 0 Å². The standard InChI is InChI=1S/C12H19F3N2O3S/c1-2-3-11(9(18)19)4-6-17(8-11)10(20)16-5-7-21-12(13,14)15/h2-8H2,1H3,(H,16,20)(H,18,19). The second kappa shape index (κ2) is 7.24. The zero-order valence-electron chi connectivity index (χ0n) is 11.7. The monoisotopic (exact) mass is 328 g/mol. The maximum atomic E-state index is 11.9. The molecule has 1 rings (SSSR count). The molecule has 0 radical (unpaired) electrons. The molecule has 0 saturated carbocycles. The number of amides is 2. The summed E-state index contributed by atoms with van der Waals surface area (Å²) >= 11 is -0.196. The fourth-order valence-electron chi connectivity index (χ4n) is 2.45. The number of carbonyl (C=O) groups is 2. The smallest absolute Gasteiger partial charge is 0.441 e. The number of hydrogen-bond donors (Lipinski definition) is 2. The number of hydrogen-bond acceptors (Lipinski definition) is 3. The highest BCUT2D eigenvalue weighted by molar-refractivity contribution is 8.00. The van der Waals surface area contributed by atoms with E-state index in [1.807, 2.05) is 6.92 Å². The third kappa shape index (κ3) is 5.29. The van der Waals surface area contributed by atoms with E-state index >= 15 is 0 Å². The molecule has 1 heterocycles. The largest absolute Gasteiger partial charge is 0.481 e. The van der Waals surface area contributed by atoms with Crippen LogP contribution in [0.25, 0.3) is 0 Å². The lowest BCUT2D eigenvalue weighted by molar-refractivity contribution is -0.148. The fraction of sp³-hybridized carbons (Fsp3) is 0.833. The van der Waals surface area contributed by atoms with Crippen molar-refractivity contribution >= 4 is 23.8 Å². The van der Waals surface area contributed by atoms with E-state index in [1.54, 1.807) is 0 Å². The van der Waals surface area contributed by atoms with Crippen LogP contribution in [0.2, 0.25) is 0 Å². The lowest BCUT2D eigenvalue weighted by Crippen LogP contribution is -2.42. The molecule has 122 valence electrons. The zero-order valence-corrected chi connectivity index (χ0v) is 12.5. The predicted octanol–water partition coefficient (Wildman–Crippen LogP) is 2.53. The summed E-state index contributed by atoms with van der Waals surface area (Å²) in [5.41, 5.74) is -5.23. The Morgan fingerprint density at radius 3 is 2.62 bits per heavy atom. The van der Waals surface area contributed by atoms with Gasteiger partial charge in [-0.3, -0.25) is 4.79 Å². The highest BCUT2D eigenvalue weighted by atomic mass is 32.2. The van der Waals surface area contributed by atoms with Crippen LogP contribution in [0.3, 0.4) is 0 Å². The molecular weight excluding hydrogens is 309 g/mol. The summed E-state index contributed by atoms with van der Waals surface area (Å²) in [5.74, 6) is -1.19. The van der Waals surface area contributed by atoms with Gasteiger partial charge in [-0.15, -0.1) is 0 Å². The van der Waals surface area contributed by atoms with Gasteiger partial charge in [0.15, 0.2) is 0 Å². The summed E-state index contributed by atoms with van der Waals surface area (Å²) in [5, 5.41) is 11.7. The van der Waals surface area contributed by atoms with Crippen LogP contribution >= 0.6 is 11.8 Å². The van der Waals surface area contributed by atoms with Crippen molar-refractivity contribution in [2.75, 3.05) is 25.4 Å². The Kier molecular flexibility index (Phi) is 6.18. The molecule has 9 heteroatoms. The molecule has 0 aromatic carbocycles. The molecule has 2 N–H and O–H groups in total. The minimum atomic E-state index is -4.31. The molecule has 0 aromatic heterocycles. The molecule has 1 fully saturated rings. The van der Waals surface area contributed by atoms with Crippen LogP contribution in [0.5, 0.6) is 0 Å². The first-order valence-corrected chi connectivity index (χ1v) is 7.65. The molecular formula is C12H19F3N2O3S. The number of carbonyl (C=O) groups excluding carboxylic acids is 1. The van der Waals surface area contributed by atoms with Crippen LogP contribution in [0.15, 0.2) is 0 Å². The normalized spacial score (nSPS) is 22.4. The van der Waals surface area contributed by atoms with Gasteiger partial charge >= 0.3 is 17.5 Å². The molecule has 21 heavy (non-hydrogen) atoms. The molecule has 1 saturated heterocycles. The van der Waals surface area contributed by atoms with E-state index in [-0.39, 0.29) is 30.6 Å². The van der Waals surface area contributed by atoms with Gasteiger partial charge in [0, 0.05) is 25.4 Å². The van der Waals surface area contributed by atoms with Crippen molar-refractivity contribution in [2.24, 2.45) is 5.41 Å². The number of aliphatic carboxylic acids is 1. The Morgan fingerprint density at radius 1 is 1.43 bits per heavy atom. The van der Waals surface area contributed by atoms with Crippen LogP contribution in [0.4, 0.5) is 18.0 Å². The summed E-state index contributed by atoms with van der Waals surface area (Å²) < 4.78 is 35.8. The number of alkyl halides is 3. The first-order valence-electron chi connectivity index (χ1n) is 6.67. The average Bonchev–Trinajstić information content (AvgIpc) is 2.79. The number of nitrogens with one attached hydrogen (secondary N) is 1. The third-order valence-electron chi connectivity index (χ3n) is 3.47. The minimum Gasteiger partial charge on any atom is -0.481 e. The van der Waals surface area contributed by atoms with Crippen molar-refractivity contribution in [1.29, 1.82) is 0 Å². The number of halogens is 3. The maximum absolute atomic E-state index is 11.9. The van der Waals surface area contributed by atoms with Gasteiger partial charge < -0.3 is 15.3 Å². The maximum Gasteiger partial charge on any atom is 0.441 e. The lowest BCUT2D eigenvalue weighted by atomic mass is 9.83. The average molecular weight is 328 g/mol. The molecule has 2 amide bonds. The third-order valence-corrected chi connectivity index (χ3v) is 4.20. The summed E-state index contributed by atoms with van der Waals surface area (Å²) in [6.07, 6.45) is 1.56. The Labute approximate surface area is 125 Å². The molecule has 0 spiro atoms. The molecule has 5 nitrogen and oxygen atoms in total. The predicted molar refractivity (Wildman–Crippen MR) is 73.1 cm³/mol. The summed E-state index contributed by atoms with van der Waals surface area (Å²) in [7, 11) is 0. The first kappa shape index (κ1) is 17.9. The lowest BCUT2D eigenvalue weighted by Gasteiger charge is -2.24. The van der Waals surface area contributed by atoms with Crippen LogP contribution in [0.1, 0.15) is 26.2 Å². The molecule has 0 aromatic rings. The van der Waals surface area contributed by atoms with E-state index in [0.29, 0.717) is 25.8 Å². The van der Waals surface area contributed by atoms with Gasteiger partial charge in [0.1, 0.15) is 0 Å². The van der Waals surface area contributed by atoms with E-state index < -0.39 is 22.9 Å². The van der Waals surface area contributed by atoms with Crippen molar-refractivity contribution in [3.05, 3.63) is 0 Å². The SMILES string of the molecule is CCCC1(C(=O)O)CCN(C(=O)NCCSC(F)(F)F)C1. The van der Waals surface area contributed by atoms with Crippen LogP contribution in [0, 0.1) is 5.41 Å². The van der Waals surface area contributed by atoms with E-state index in [1.165, 1.54) is 4.90 Å². The fourth-order valence-corrected chi connectivity index (χ4v) is 2.88. The number of thioether (sulfide) groups is 1. The van der Waals surface area contributed by atoms with Crippen LogP contribution in [-0.2, 0) is 4.79 Å². The van der Waals surface area contributed by atoms with Gasteiger partial charge in [-0.2, -0.15) is 13.2 Å². The minimum absolute atomic E-state index is 0.104. The quantitative estimate of drug-likeness (QED) is 0.735. The number of carboxylic acid groups (broad SMARTS) is 1. The number of nitrogens with zero attached hydrogens (tertiary/aromatic N) is 1. The second-order valence-electron chi connectivity index (χ2n) is 5.03. The van der Waals surface area contributed by atoms with E-state index in [2.05, 4.69) is 5.32 Å². The topological polar surface area (TPSA) is 69.6 Å². The molecule has 1 atom stereocenters. The van der Waals surface area contributed by atoms with Gasteiger partial charge in [-0.05, 0) is 24.6 Å². The second-order valence-corrected chi connectivity index (χ2v) is 6.19. The van der Waals surface area contributed by atoms with E-state index in [4.69, 9.17) is 0 Å².